The highest BCUT2D eigenvalue weighted by molar-refractivity contribution is 8.06. The molecular formula is C6H8N2O3S2. The van der Waals surface area contributed by atoms with E-state index < -0.39 is 15.0 Å². The molecular weight excluding hydrogens is 212 g/mol. The molecule has 0 aromatic carbocycles. The summed E-state index contributed by atoms with van der Waals surface area (Å²) in [6.07, 6.45) is 0. The standard InChI is InChI=1S/C6H8N2O3S2/c1-2-13(10,11)6(9)4-3-5(7)12-8-4/h3H,2,7H2,1H3. The molecule has 0 fully saturated rings. The minimum atomic E-state index is -3.69. The predicted molar refractivity (Wildman–Crippen MR) is 50.3 cm³/mol. The number of nitrogen functional groups attached to an aromatic ring is 1. The fraction of sp³-hybridized carbons (Fsp3) is 0.333. The first-order valence-electron chi connectivity index (χ1n) is 3.46. The van der Waals surface area contributed by atoms with E-state index in [0.717, 1.165) is 11.5 Å². The van der Waals surface area contributed by atoms with Crippen LogP contribution in [0.2, 0.25) is 0 Å². The molecule has 5 nitrogen and oxygen atoms in total. The van der Waals surface area contributed by atoms with Crippen molar-refractivity contribution < 1.29 is 13.2 Å². The molecule has 0 aliphatic rings. The Labute approximate surface area is 79.7 Å². The van der Waals surface area contributed by atoms with Gasteiger partial charge < -0.3 is 5.73 Å². The van der Waals surface area contributed by atoms with E-state index >= 15 is 0 Å². The molecule has 13 heavy (non-hydrogen) atoms. The van der Waals surface area contributed by atoms with E-state index in [1.165, 1.54) is 13.0 Å². The molecule has 0 saturated heterocycles. The molecule has 0 radical (unpaired) electrons. The third kappa shape index (κ3) is 2.04. The fourth-order valence-corrected chi connectivity index (χ4v) is 1.92. The number of carbonyl (C=O) groups excluding carboxylic acids is 1. The molecule has 0 bridgehead atoms. The third-order valence-electron chi connectivity index (χ3n) is 1.40. The topological polar surface area (TPSA) is 90.1 Å². The van der Waals surface area contributed by atoms with Crippen LogP contribution in [0.25, 0.3) is 0 Å². The Bertz CT molecular complexity index is 421. The van der Waals surface area contributed by atoms with Gasteiger partial charge in [-0.3, -0.25) is 4.79 Å². The molecule has 1 heterocycles. The van der Waals surface area contributed by atoms with Crippen molar-refractivity contribution in [3.63, 3.8) is 0 Å². The molecule has 1 aromatic heterocycles. The number of sulfone groups is 1. The van der Waals surface area contributed by atoms with E-state index in [0.29, 0.717) is 5.00 Å². The zero-order chi connectivity index (χ0) is 10.1. The number of rotatable bonds is 2. The molecule has 0 atom stereocenters. The molecule has 0 aliphatic heterocycles. The monoisotopic (exact) mass is 220 g/mol. The highest BCUT2D eigenvalue weighted by atomic mass is 32.2. The molecule has 72 valence electrons. The number of aromatic nitrogens is 1. The second-order valence-electron chi connectivity index (χ2n) is 2.31. The minimum absolute atomic E-state index is 0.0932. The largest absolute Gasteiger partial charge is 0.389 e. The Morgan fingerprint density at radius 1 is 1.69 bits per heavy atom. The average molecular weight is 220 g/mol. The summed E-state index contributed by atoms with van der Waals surface area (Å²) in [6.45, 7) is 1.41. The van der Waals surface area contributed by atoms with E-state index in [1.807, 2.05) is 0 Å². The van der Waals surface area contributed by atoms with Crippen molar-refractivity contribution in [2.24, 2.45) is 0 Å². The summed E-state index contributed by atoms with van der Waals surface area (Å²) in [6, 6.07) is 1.26. The first-order chi connectivity index (χ1) is 5.97. The van der Waals surface area contributed by atoms with Crippen molar-refractivity contribution in [2.45, 2.75) is 6.92 Å². The van der Waals surface area contributed by atoms with E-state index in [-0.39, 0.29) is 11.4 Å². The Morgan fingerprint density at radius 3 is 2.69 bits per heavy atom. The quantitative estimate of drug-likeness (QED) is 0.774. The number of hydrogen-bond acceptors (Lipinski definition) is 6. The van der Waals surface area contributed by atoms with Crippen LogP contribution in [0.4, 0.5) is 5.00 Å². The lowest BCUT2D eigenvalue weighted by molar-refractivity contribution is 0.107. The lowest BCUT2D eigenvalue weighted by Gasteiger charge is -1.94. The van der Waals surface area contributed by atoms with Gasteiger partial charge >= 0.3 is 0 Å². The average Bonchev–Trinajstić information content (AvgIpc) is 2.50. The van der Waals surface area contributed by atoms with Gasteiger partial charge in [-0.05, 0) is 11.5 Å². The predicted octanol–water partition coefficient (Wildman–Crippen LogP) is 0.300. The maximum atomic E-state index is 11.2. The minimum Gasteiger partial charge on any atom is -0.389 e. The van der Waals surface area contributed by atoms with E-state index in [1.54, 1.807) is 0 Å². The van der Waals surface area contributed by atoms with Gasteiger partial charge in [0.2, 0.25) is 9.84 Å². The van der Waals surface area contributed by atoms with Crippen LogP contribution in [0.3, 0.4) is 0 Å². The Kier molecular flexibility index (Phi) is 2.67. The van der Waals surface area contributed by atoms with Crippen LogP contribution in [-0.4, -0.2) is 23.7 Å². The highest BCUT2D eigenvalue weighted by Gasteiger charge is 2.23. The van der Waals surface area contributed by atoms with Crippen molar-refractivity contribution in [3.05, 3.63) is 11.8 Å². The van der Waals surface area contributed by atoms with E-state index in [2.05, 4.69) is 4.37 Å². The zero-order valence-corrected chi connectivity index (χ0v) is 8.48. The van der Waals surface area contributed by atoms with Gasteiger partial charge in [0.05, 0.1) is 5.75 Å². The molecule has 7 heteroatoms. The number of carbonyl (C=O) groups is 1. The van der Waals surface area contributed by atoms with Gasteiger partial charge in [0.15, 0.2) is 0 Å². The van der Waals surface area contributed by atoms with Gasteiger partial charge in [0.1, 0.15) is 10.7 Å². The summed E-state index contributed by atoms with van der Waals surface area (Å²) in [5.74, 6) is -0.219. The first-order valence-corrected chi connectivity index (χ1v) is 5.89. The molecule has 0 aliphatic carbocycles. The normalized spacial score (nSPS) is 11.5. The summed E-state index contributed by atoms with van der Waals surface area (Å²) in [4.78, 5) is 11.2. The number of anilines is 1. The molecule has 0 spiro atoms. The molecule has 1 aromatic rings. The summed E-state index contributed by atoms with van der Waals surface area (Å²) in [5.41, 5.74) is 5.22. The second-order valence-corrected chi connectivity index (χ2v) is 5.32. The number of nitrogens with zero attached hydrogens (tertiary/aromatic N) is 1. The van der Waals surface area contributed by atoms with Gasteiger partial charge in [0, 0.05) is 6.07 Å². The van der Waals surface area contributed by atoms with E-state index in [9.17, 15) is 13.2 Å². The van der Waals surface area contributed by atoms with Gasteiger partial charge in [-0.15, -0.1) is 0 Å². The Morgan fingerprint density at radius 2 is 2.31 bits per heavy atom. The van der Waals surface area contributed by atoms with E-state index in [4.69, 9.17) is 5.73 Å². The summed E-state index contributed by atoms with van der Waals surface area (Å²) in [5, 5.41) is -0.627. The number of hydrogen-bond donors (Lipinski definition) is 1. The summed E-state index contributed by atoms with van der Waals surface area (Å²) in [7, 11) is -3.69. The fourth-order valence-electron chi connectivity index (χ4n) is 0.676. The van der Waals surface area contributed by atoms with Crippen molar-refractivity contribution in [1.82, 2.24) is 4.37 Å². The maximum Gasteiger partial charge on any atom is 0.296 e. The van der Waals surface area contributed by atoms with Crippen molar-refractivity contribution in [1.29, 1.82) is 0 Å². The maximum absolute atomic E-state index is 11.2. The van der Waals surface area contributed by atoms with Gasteiger partial charge in [0.25, 0.3) is 5.12 Å². The van der Waals surface area contributed by atoms with Crippen LogP contribution >= 0.6 is 11.5 Å². The molecule has 0 unspecified atom stereocenters. The smallest absolute Gasteiger partial charge is 0.296 e. The SMILES string of the molecule is CCS(=O)(=O)C(=O)c1cc(N)sn1. The molecule has 1 rings (SSSR count). The summed E-state index contributed by atoms with van der Waals surface area (Å²) < 4.78 is 25.8. The van der Waals surface area contributed by atoms with Crippen LogP contribution < -0.4 is 5.73 Å². The van der Waals surface area contributed by atoms with Gasteiger partial charge in [-0.2, -0.15) is 4.37 Å². The van der Waals surface area contributed by atoms with Gasteiger partial charge in [-0.1, -0.05) is 6.92 Å². The Balaban J connectivity index is 3.06. The van der Waals surface area contributed by atoms with Crippen molar-refractivity contribution in [2.75, 3.05) is 11.5 Å². The lowest BCUT2D eigenvalue weighted by Crippen LogP contribution is -2.17. The highest BCUT2D eigenvalue weighted by Crippen LogP contribution is 2.14. The summed E-state index contributed by atoms with van der Waals surface area (Å²) >= 11 is 0.902. The van der Waals surface area contributed by atoms with Crippen LogP contribution in [0.15, 0.2) is 6.07 Å². The van der Waals surface area contributed by atoms with Gasteiger partial charge in [-0.25, -0.2) is 8.42 Å². The van der Waals surface area contributed by atoms with Crippen molar-refractivity contribution >= 4 is 31.5 Å². The molecule has 0 saturated carbocycles. The molecule has 2 N–H and O–H groups in total. The van der Waals surface area contributed by atoms with Crippen LogP contribution in [0.1, 0.15) is 17.4 Å². The zero-order valence-electron chi connectivity index (χ0n) is 6.85. The molecule has 0 amide bonds. The first kappa shape index (κ1) is 10.1. The second kappa shape index (κ2) is 3.43. The van der Waals surface area contributed by atoms with Crippen LogP contribution in [0, 0.1) is 0 Å². The number of nitrogens with two attached hydrogens (primary N) is 1. The van der Waals surface area contributed by atoms with Crippen LogP contribution in [0.5, 0.6) is 0 Å². The van der Waals surface area contributed by atoms with Crippen LogP contribution in [-0.2, 0) is 9.84 Å². The lowest BCUT2D eigenvalue weighted by atomic mass is 10.5. The third-order valence-corrected chi connectivity index (χ3v) is 3.55. The van der Waals surface area contributed by atoms with Crippen molar-refractivity contribution in [3.8, 4) is 0 Å². The Hall–Kier alpha value is -0.950.